The highest BCUT2D eigenvalue weighted by Crippen LogP contribution is 2.45. The van der Waals surface area contributed by atoms with Crippen LogP contribution in [-0.2, 0) is 10.8 Å². The van der Waals surface area contributed by atoms with E-state index in [0.717, 1.165) is 18.6 Å². The van der Waals surface area contributed by atoms with Crippen LogP contribution in [0, 0.1) is 0 Å². The first kappa shape index (κ1) is 12.5. The van der Waals surface area contributed by atoms with E-state index in [4.69, 9.17) is 0 Å². The minimum Gasteiger partial charge on any atom is -0.393 e. The van der Waals surface area contributed by atoms with Crippen molar-refractivity contribution >= 4 is 22.6 Å². The van der Waals surface area contributed by atoms with Crippen LogP contribution in [0.4, 0.5) is 0 Å². The van der Waals surface area contributed by atoms with Gasteiger partial charge in [0.15, 0.2) is 0 Å². The number of aliphatic hydroxyl groups is 1. The average Bonchev–Trinajstić information content (AvgIpc) is 2.29. The van der Waals surface area contributed by atoms with Gasteiger partial charge >= 0.3 is 0 Å². The Labute approximate surface area is 93.3 Å². The van der Waals surface area contributed by atoms with Gasteiger partial charge < -0.3 is 5.11 Å². The molecule has 0 unspecified atom stereocenters. The van der Waals surface area contributed by atoms with E-state index in [1.807, 2.05) is 0 Å². The van der Waals surface area contributed by atoms with Crippen LogP contribution < -0.4 is 0 Å². The van der Waals surface area contributed by atoms with Crippen molar-refractivity contribution in [3.8, 4) is 0 Å². The fraction of sp³-hybridized carbons (Fsp3) is 1.00. The third kappa shape index (κ3) is 2.97. The Balaban J connectivity index is 2.73. The van der Waals surface area contributed by atoms with Crippen molar-refractivity contribution in [2.24, 2.45) is 0 Å². The van der Waals surface area contributed by atoms with E-state index in [9.17, 15) is 9.32 Å². The van der Waals surface area contributed by atoms with Crippen molar-refractivity contribution in [2.75, 3.05) is 5.75 Å². The lowest BCUT2D eigenvalue weighted by atomic mass is 10.1. The third-order valence-electron chi connectivity index (χ3n) is 2.36. The highest BCUT2D eigenvalue weighted by molar-refractivity contribution is 8.13. The van der Waals surface area contributed by atoms with Gasteiger partial charge in [-0.1, -0.05) is 13.8 Å². The van der Waals surface area contributed by atoms with E-state index in [0.29, 0.717) is 11.7 Å². The minimum atomic E-state index is -0.757. The average molecular weight is 236 g/mol. The smallest absolute Gasteiger partial charge is 0.0935 e. The summed E-state index contributed by atoms with van der Waals surface area (Å²) in [5.41, 5.74) is 0. The zero-order chi connectivity index (χ0) is 10.8. The van der Waals surface area contributed by atoms with Crippen molar-refractivity contribution in [1.29, 1.82) is 0 Å². The van der Waals surface area contributed by atoms with E-state index in [1.165, 1.54) is 0 Å². The predicted molar refractivity (Wildman–Crippen MR) is 64.0 cm³/mol. The van der Waals surface area contributed by atoms with Gasteiger partial charge in [-0.3, -0.25) is 4.21 Å². The summed E-state index contributed by atoms with van der Waals surface area (Å²) in [4.78, 5) is 0. The number of hydrogen-bond donors (Lipinski definition) is 1. The molecule has 1 N–H and O–H groups in total. The van der Waals surface area contributed by atoms with Crippen LogP contribution in [0.1, 0.15) is 40.0 Å². The first-order valence-electron chi connectivity index (χ1n) is 5.20. The van der Waals surface area contributed by atoms with Gasteiger partial charge in [0.05, 0.1) is 10.2 Å². The van der Waals surface area contributed by atoms with Crippen LogP contribution in [-0.4, -0.2) is 30.5 Å². The Hall–Kier alpha value is 0.460. The first-order chi connectivity index (χ1) is 6.46. The standard InChI is InChI=1S/C10H20O2S2/c1-8(2)13-10(7-9(3)11)5-4-6-14(10)12/h8-9,11H,4-7H2,1-3H3/t9-,10-,14-/m1/s1. The number of hydrogen-bond acceptors (Lipinski definition) is 3. The van der Waals surface area contributed by atoms with E-state index >= 15 is 0 Å². The molecule has 3 atom stereocenters. The van der Waals surface area contributed by atoms with Gasteiger partial charge in [-0.2, -0.15) is 0 Å². The molecule has 0 bridgehead atoms. The van der Waals surface area contributed by atoms with Gasteiger partial charge in [0.25, 0.3) is 0 Å². The van der Waals surface area contributed by atoms with Crippen LogP contribution in [0.5, 0.6) is 0 Å². The lowest BCUT2D eigenvalue weighted by molar-refractivity contribution is 0.179. The predicted octanol–water partition coefficient (Wildman–Crippen LogP) is 2.14. The minimum absolute atomic E-state index is 0.164. The van der Waals surface area contributed by atoms with Crippen molar-refractivity contribution in [3.05, 3.63) is 0 Å². The lowest BCUT2D eigenvalue weighted by Gasteiger charge is -2.30. The second-order valence-electron chi connectivity index (χ2n) is 4.28. The summed E-state index contributed by atoms with van der Waals surface area (Å²) >= 11 is 1.79. The Morgan fingerprint density at radius 2 is 2.14 bits per heavy atom. The van der Waals surface area contributed by atoms with Gasteiger partial charge in [0, 0.05) is 21.8 Å². The molecule has 2 nitrogen and oxygen atoms in total. The van der Waals surface area contributed by atoms with E-state index in [2.05, 4.69) is 13.8 Å². The number of rotatable bonds is 4. The lowest BCUT2D eigenvalue weighted by Crippen LogP contribution is -2.32. The highest BCUT2D eigenvalue weighted by Gasteiger charge is 2.42. The van der Waals surface area contributed by atoms with Gasteiger partial charge in [0.1, 0.15) is 0 Å². The summed E-state index contributed by atoms with van der Waals surface area (Å²) < 4.78 is 11.8. The molecule has 1 heterocycles. The molecule has 84 valence electrons. The molecule has 1 aliphatic heterocycles. The van der Waals surface area contributed by atoms with Crippen molar-refractivity contribution in [1.82, 2.24) is 0 Å². The van der Waals surface area contributed by atoms with Gasteiger partial charge in [-0.15, -0.1) is 11.8 Å². The van der Waals surface area contributed by atoms with Gasteiger partial charge in [-0.25, -0.2) is 0 Å². The molecule has 0 radical (unpaired) electrons. The number of thioether (sulfide) groups is 1. The summed E-state index contributed by atoms with van der Waals surface area (Å²) in [6.07, 6.45) is 2.36. The van der Waals surface area contributed by atoms with Crippen LogP contribution >= 0.6 is 11.8 Å². The molecule has 0 saturated carbocycles. The fourth-order valence-corrected chi connectivity index (χ4v) is 6.30. The summed E-state index contributed by atoms with van der Waals surface area (Å²) in [5.74, 6) is 0.812. The zero-order valence-corrected chi connectivity index (χ0v) is 10.8. The summed E-state index contributed by atoms with van der Waals surface area (Å²) in [5, 5.41) is 9.94. The SMILES string of the molecule is CC(C)S[C@]1(C[C@@H](C)O)CCC[S@]1=O. The van der Waals surface area contributed by atoms with Crippen molar-refractivity contribution in [2.45, 2.75) is 55.5 Å². The zero-order valence-electron chi connectivity index (χ0n) is 9.16. The molecular weight excluding hydrogens is 216 g/mol. The second kappa shape index (κ2) is 4.99. The Kier molecular flexibility index (Phi) is 4.47. The maximum absolute atomic E-state index is 11.9. The van der Waals surface area contributed by atoms with E-state index < -0.39 is 10.8 Å². The summed E-state index contributed by atoms with van der Waals surface area (Å²) in [6, 6.07) is 0. The Morgan fingerprint density at radius 3 is 2.50 bits per heavy atom. The van der Waals surface area contributed by atoms with Gasteiger partial charge in [0.2, 0.25) is 0 Å². The summed E-state index contributed by atoms with van der Waals surface area (Å²) in [6.45, 7) is 6.05. The molecule has 1 rings (SSSR count). The Bertz CT molecular complexity index is 204. The molecule has 14 heavy (non-hydrogen) atoms. The molecular formula is C10H20O2S2. The van der Waals surface area contributed by atoms with E-state index in [1.54, 1.807) is 18.7 Å². The molecule has 0 aromatic heterocycles. The quantitative estimate of drug-likeness (QED) is 0.812. The first-order valence-corrected chi connectivity index (χ1v) is 7.40. The van der Waals surface area contributed by atoms with Crippen LogP contribution in [0.2, 0.25) is 0 Å². The molecule has 1 fully saturated rings. The molecule has 0 aliphatic carbocycles. The fourth-order valence-electron chi connectivity index (χ4n) is 2.01. The molecule has 0 aromatic rings. The normalized spacial score (nSPS) is 35.1. The molecule has 0 aromatic carbocycles. The summed E-state index contributed by atoms with van der Waals surface area (Å²) in [7, 11) is -0.757. The molecule has 1 aliphatic rings. The molecule has 1 saturated heterocycles. The molecule has 4 heteroatoms. The van der Waals surface area contributed by atoms with Gasteiger partial charge in [-0.05, 0) is 26.2 Å². The van der Waals surface area contributed by atoms with Crippen molar-refractivity contribution < 1.29 is 9.32 Å². The van der Waals surface area contributed by atoms with E-state index in [-0.39, 0.29) is 10.2 Å². The maximum Gasteiger partial charge on any atom is 0.0935 e. The monoisotopic (exact) mass is 236 g/mol. The molecule has 0 spiro atoms. The second-order valence-corrected chi connectivity index (χ2v) is 8.38. The molecule has 0 amide bonds. The Morgan fingerprint density at radius 1 is 1.50 bits per heavy atom. The van der Waals surface area contributed by atoms with Crippen LogP contribution in [0.15, 0.2) is 0 Å². The van der Waals surface area contributed by atoms with Crippen LogP contribution in [0.25, 0.3) is 0 Å². The van der Waals surface area contributed by atoms with Crippen LogP contribution in [0.3, 0.4) is 0 Å². The highest BCUT2D eigenvalue weighted by atomic mass is 32.2. The van der Waals surface area contributed by atoms with Crippen molar-refractivity contribution in [3.63, 3.8) is 0 Å². The largest absolute Gasteiger partial charge is 0.393 e. The number of aliphatic hydroxyl groups excluding tert-OH is 1. The topological polar surface area (TPSA) is 37.3 Å². The maximum atomic E-state index is 11.9. The third-order valence-corrected chi connectivity index (χ3v) is 6.34.